The van der Waals surface area contributed by atoms with Crippen molar-refractivity contribution < 1.29 is 0 Å². The summed E-state index contributed by atoms with van der Waals surface area (Å²) in [4.78, 5) is 0. The Morgan fingerprint density at radius 3 is 2.82 bits per heavy atom. The first-order chi connectivity index (χ1) is 8.28. The number of aromatic nitrogens is 1. The van der Waals surface area contributed by atoms with Gasteiger partial charge in [-0.25, -0.2) is 0 Å². The zero-order valence-corrected chi connectivity index (χ0v) is 11.1. The highest BCUT2D eigenvalue weighted by molar-refractivity contribution is 7.99. The molecule has 1 N–H and O–H groups in total. The summed E-state index contributed by atoms with van der Waals surface area (Å²) in [6.07, 6.45) is 6.94. The van der Waals surface area contributed by atoms with Crippen LogP contribution in [-0.2, 0) is 0 Å². The molecular weight excluding hydrogens is 228 g/mol. The average molecular weight is 246 g/mol. The molecule has 2 nitrogen and oxygen atoms in total. The highest BCUT2D eigenvalue weighted by atomic mass is 32.2. The largest absolute Gasteiger partial charge is 0.344 e. The number of hydrogen-bond acceptors (Lipinski definition) is 2. The van der Waals surface area contributed by atoms with Crippen LogP contribution in [0.3, 0.4) is 0 Å². The van der Waals surface area contributed by atoms with Crippen LogP contribution in [0.25, 0.3) is 10.9 Å². The van der Waals surface area contributed by atoms with E-state index >= 15 is 0 Å². The number of nitrogens with one attached hydrogen (secondary N) is 1. The first-order valence-corrected chi connectivity index (χ1v) is 7.40. The predicted octanol–water partition coefficient (Wildman–Crippen LogP) is 4.30. The van der Waals surface area contributed by atoms with E-state index in [1.165, 1.54) is 29.4 Å². The van der Waals surface area contributed by atoms with Crippen LogP contribution in [0, 0.1) is 5.92 Å². The molecular formula is C14H18N2S. The van der Waals surface area contributed by atoms with Crippen LogP contribution in [0.15, 0.2) is 30.5 Å². The van der Waals surface area contributed by atoms with Crippen molar-refractivity contribution in [2.24, 2.45) is 5.92 Å². The summed E-state index contributed by atoms with van der Waals surface area (Å²) in [6, 6.07) is 9.54. The number of rotatable bonds is 3. The molecule has 0 bridgehead atoms. The second kappa shape index (κ2) is 4.30. The molecule has 1 fully saturated rings. The molecule has 1 saturated carbocycles. The van der Waals surface area contributed by atoms with Gasteiger partial charge in [-0.05, 0) is 42.3 Å². The molecule has 1 aliphatic rings. The van der Waals surface area contributed by atoms with Gasteiger partial charge in [0.2, 0.25) is 0 Å². The summed E-state index contributed by atoms with van der Waals surface area (Å²) >= 11 is 1.64. The van der Waals surface area contributed by atoms with Gasteiger partial charge in [-0.3, -0.25) is 0 Å². The van der Waals surface area contributed by atoms with Crippen molar-refractivity contribution in [3.63, 3.8) is 0 Å². The molecule has 3 rings (SSSR count). The topological polar surface area (TPSA) is 17.0 Å². The van der Waals surface area contributed by atoms with Crippen molar-refractivity contribution in [2.75, 3.05) is 11.0 Å². The van der Waals surface area contributed by atoms with E-state index in [0.29, 0.717) is 6.04 Å². The van der Waals surface area contributed by atoms with Crippen LogP contribution in [-0.4, -0.2) is 10.8 Å². The summed E-state index contributed by atoms with van der Waals surface area (Å²) in [6.45, 7) is 2.34. The zero-order chi connectivity index (χ0) is 11.8. The first kappa shape index (κ1) is 11.0. The molecule has 90 valence electrons. The number of nitrogens with zero attached hydrogens (tertiary/aromatic N) is 1. The van der Waals surface area contributed by atoms with Crippen LogP contribution < -0.4 is 4.72 Å². The minimum atomic E-state index is 0.715. The second-order valence-electron chi connectivity index (χ2n) is 5.03. The van der Waals surface area contributed by atoms with Crippen molar-refractivity contribution in [1.29, 1.82) is 0 Å². The van der Waals surface area contributed by atoms with E-state index in [4.69, 9.17) is 0 Å². The number of benzene rings is 1. The van der Waals surface area contributed by atoms with Crippen molar-refractivity contribution in [1.82, 2.24) is 4.57 Å². The van der Waals surface area contributed by atoms with E-state index in [0.717, 1.165) is 5.92 Å². The first-order valence-electron chi connectivity index (χ1n) is 6.17. The second-order valence-corrected chi connectivity index (χ2v) is 5.65. The van der Waals surface area contributed by atoms with E-state index in [9.17, 15) is 0 Å². The summed E-state index contributed by atoms with van der Waals surface area (Å²) in [7, 11) is 0. The molecule has 17 heavy (non-hydrogen) atoms. The molecule has 0 saturated heterocycles. The summed E-state index contributed by atoms with van der Waals surface area (Å²) in [5.74, 6) is 0.893. The maximum atomic E-state index is 3.30. The van der Waals surface area contributed by atoms with Gasteiger partial charge in [0, 0.05) is 24.2 Å². The van der Waals surface area contributed by atoms with Gasteiger partial charge in [0.05, 0.1) is 5.52 Å². The SMILES string of the molecule is CSNc1ccc2ccn(C3CC(C)C3)c2c1. The lowest BCUT2D eigenvalue weighted by Gasteiger charge is -2.34. The van der Waals surface area contributed by atoms with Crippen LogP contribution in [0.5, 0.6) is 0 Å². The van der Waals surface area contributed by atoms with Crippen molar-refractivity contribution in [2.45, 2.75) is 25.8 Å². The van der Waals surface area contributed by atoms with Crippen molar-refractivity contribution in [3.05, 3.63) is 30.5 Å². The fraction of sp³-hybridized carbons (Fsp3) is 0.429. The lowest BCUT2D eigenvalue weighted by Crippen LogP contribution is -2.23. The molecule has 1 aromatic carbocycles. The molecule has 1 aliphatic carbocycles. The Bertz CT molecular complexity index is 526. The Balaban J connectivity index is 1.98. The van der Waals surface area contributed by atoms with Crippen LogP contribution in [0.2, 0.25) is 0 Å². The van der Waals surface area contributed by atoms with E-state index < -0.39 is 0 Å². The third-order valence-electron chi connectivity index (χ3n) is 3.69. The van der Waals surface area contributed by atoms with Gasteiger partial charge >= 0.3 is 0 Å². The van der Waals surface area contributed by atoms with Crippen LogP contribution in [0.1, 0.15) is 25.8 Å². The maximum Gasteiger partial charge on any atom is 0.0503 e. The van der Waals surface area contributed by atoms with Gasteiger partial charge in [0.15, 0.2) is 0 Å². The minimum Gasteiger partial charge on any atom is -0.344 e. The fourth-order valence-corrected chi connectivity index (χ4v) is 3.10. The van der Waals surface area contributed by atoms with Gasteiger partial charge < -0.3 is 9.29 Å². The molecule has 0 radical (unpaired) electrons. The van der Waals surface area contributed by atoms with Gasteiger partial charge in [-0.1, -0.05) is 24.9 Å². The molecule has 0 spiro atoms. The Morgan fingerprint density at radius 1 is 1.29 bits per heavy atom. The van der Waals surface area contributed by atoms with Crippen molar-refractivity contribution >= 4 is 28.5 Å². The Morgan fingerprint density at radius 2 is 2.12 bits per heavy atom. The third kappa shape index (κ3) is 1.93. The monoisotopic (exact) mass is 246 g/mol. The molecule has 1 aromatic heterocycles. The summed E-state index contributed by atoms with van der Waals surface area (Å²) in [5, 5.41) is 1.34. The smallest absolute Gasteiger partial charge is 0.0503 e. The summed E-state index contributed by atoms with van der Waals surface area (Å²) < 4.78 is 5.75. The fourth-order valence-electron chi connectivity index (χ4n) is 2.74. The molecule has 0 unspecified atom stereocenters. The molecule has 3 heteroatoms. The van der Waals surface area contributed by atoms with Gasteiger partial charge in [0.25, 0.3) is 0 Å². The number of anilines is 1. The van der Waals surface area contributed by atoms with Gasteiger partial charge in [0.1, 0.15) is 0 Å². The van der Waals surface area contributed by atoms with E-state index in [1.54, 1.807) is 11.9 Å². The van der Waals surface area contributed by atoms with Crippen molar-refractivity contribution in [3.8, 4) is 0 Å². The Labute approximate surface area is 107 Å². The Kier molecular flexibility index (Phi) is 2.79. The lowest BCUT2D eigenvalue weighted by atomic mass is 9.81. The van der Waals surface area contributed by atoms with Gasteiger partial charge in [-0.15, -0.1) is 0 Å². The minimum absolute atomic E-state index is 0.715. The lowest BCUT2D eigenvalue weighted by molar-refractivity contribution is 0.221. The highest BCUT2D eigenvalue weighted by Crippen LogP contribution is 2.39. The molecule has 0 amide bonds. The number of hydrogen-bond donors (Lipinski definition) is 1. The van der Waals surface area contributed by atoms with E-state index in [2.05, 4.69) is 52.9 Å². The average Bonchev–Trinajstić information content (AvgIpc) is 2.68. The highest BCUT2D eigenvalue weighted by Gasteiger charge is 2.27. The zero-order valence-electron chi connectivity index (χ0n) is 10.3. The standard InChI is InChI=1S/C14H18N2S/c1-10-7-13(8-10)16-6-5-11-3-4-12(15-17-2)9-14(11)16/h3-6,9-10,13,15H,7-8H2,1-2H3. The quantitative estimate of drug-likeness (QED) is 0.813. The van der Waals surface area contributed by atoms with Crippen LogP contribution in [0.4, 0.5) is 5.69 Å². The molecule has 0 atom stereocenters. The van der Waals surface area contributed by atoms with E-state index in [-0.39, 0.29) is 0 Å². The normalized spacial score (nSPS) is 23.6. The molecule has 0 aliphatic heterocycles. The number of fused-ring (bicyclic) bond motifs is 1. The maximum absolute atomic E-state index is 3.30. The third-order valence-corrected chi connectivity index (χ3v) is 4.13. The molecule has 1 heterocycles. The van der Waals surface area contributed by atoms with Crippen LogP contribution >= 0.6 is 11.9 Å². The molecule has 2 aromatic rings. The predicted molar refractivity (Wildman–Crippen MR) is 76.5 cm³/mol. The Hall–Kier alpha value is -1.09. The van der Waals surface area contributed by atoms with E-state index in [1.807, 2.05) is 0 Å². The summed E-state index contributed by atoms with van der Waals surface area (Å²) in [5.41, 5.74) is 2.55. The van der Waals surface area contributed by atoms with Gasteiger partial charge in [-0.2, -0.15) is 0 Å².